The molecule has 0 bridgehead atoms. The third-order valence-electron chi connectivity index (χ3n) is 7.61. The Kier molecular flexibility index (Phi) is 7.42. The van der Waals surface area contributed by atoms with Gasteiger partial charge in [0.1, 0.15) is 5.02 Å². The van der Waals surface area contributed by atoms with Gasteiger partial charge in [-0.05, 0) is 57.1 Å². The lowest BCUT2D eigenvalue weighted by atomic mass is 9.89. The van der Waals surface area contributed by atoms with Crippen molar-refractivity contribution in [3.8, 4) is 0 Å². The van der Waals surface area contributed by atoms with Gasteiger partial charge in [0.15, 0.2) is 0 Å². The van der Waals surface area contributed by atoms with Gasteiger partial charge < -0.3 is 19.7 Å². The smallest absolute Gasteiger partial charge is 0.287 e. The second kappa shape index (κ2) is 10.7. The number of benzene rings is 1. The Labute approximate surface area is 206 Å². The molecule has 2 aliphatic carbocycles. The van der Waals surface area contributed by atoms with Gasteiger partial charge in [0.2, 0.25) is 0 Å². The predicted octanol–water partition coefficient (Wildman–Crippen LogP) is 4.51. The summed E-state index contributed by atoms with van der Waals surface area (Å²) in [5.74, 6) is 0.214. The van der Waals surface area contributed by atoms with Crippen molar-refractivity contribution in [2.24, 2.45) is 5.92 Å². The van der Waals surface area contributed by atoms with Gasteiger partial charge in [0.05, 0.1) is 30.6 Å². The minimum atomic E-state index is -0.208. The SMILES string of the molecule is CO[C@H]1CCOC[C@@H]1CNc1cnn(C2CCC(N(c3ccccc3)C3CC3)CC2)c(=O)c1Cl. The van der Waals surface area contributed by atoms with Gasteiger partial charge in [-0.15, -0.1) is 0 Å². The Bertz CT molecular complexity index is 1000. The number of halogens is 1. The van der Waals surface area contributed by atoms with E-state index in [2.05, 4.69) is 45.6 Å². The number of hydrogen-bond acceptors (Lipinski definition) is 6. The molecule has 8 heteroatoms. The molecular formula is C26H35ClN4O3. The summed E-state index contributed by atoms with van der Waals surface area (Å²) < 4.78 is 12.8. The third-order valence-corrected chi connectivity index (χ3v) is 7.97. The quantitative estimate of drug-likeness (QED) is 0.592. The molecule has 0 unspecified atom stereocenters. The van der Waals surface area contributed by atoms with Gasteiger partial charge in [0, 0.05) is 44.0 Å². The number of nitrogens with zero attached hydrogens (tertiary/aromatic N) is 3. The first-order chi connectivity index (χ1) is 16.7. The molecule has 2 aromatic rings. The Morgan fingerprint density at radius 2 is 1.82 bits per heavy atom. The maximum Gasteiger partial charge on any atom is 0.287 e. The van der Waals surface area contributed by atoms with E-state index in [1.54, 1.807) is 18.0 Å². The van der Waals surface area contributed by atoms with Crippen molar-refractivity contribution < 1.29 is 9.47 Å². The van der Waals surface area contributed by atoms with Crippen molar-refractivity contribution >= 4 is 23.0 Å². The average molecular weight is 487 g/mol. The van der Waals surface area contributed by atoms with Crippen LogP contribution < -0.4 is 15.8 Å². The summed E-state index contributed by atoms with van der Waals surface area (Å²) in [6.45, 7) is 1.99. The fraction of sp³-hybridized carbons (Fsp3) is 0.615. The highest BCUT2D eigenvalue weighted by Crippen LogP contribution is 2.39. The fourth-order valence-electron chi connectivity index (χ4n) is 5.60. The van der Waals surface area contributed by atoms with Crippen LogP contribution in [0.4, 0.5) is 11.4 Å². The molecule has 1 saturated heterocycles. The van der Waals surface area contributed by atoms with Crippen molar-refractivity contribution in [2.75, 3.05) is 37.1 Å². The summed E-state index contributed by atoms with van der Waals surface area (Å²) in [6, 6.07) is 12.0. The van der Waals surface area contributed by atoms with Crippen LogP contribution in [0.5, 0.6) is 0 Å². The van der Waals surface area contributed by atoms with Crippen molar-refractivity contribution in [3.63, 3.8) is 0 Å². The Balaban J connectivity index is 1.22. The topological polar surface area (TPSA) is 68.6 Å². The zero-order chi connectivity index (χ0) is 23.5. The monoisotopic (exact) mass is 486 g/mol. The lowest BCUT2D eigenvalue weighted by molar-refractivity contribution is -0.0512. The van der Waals surface area contributed by atoms with E-state index >= 15 is 0 Å². The van der Waals surface area contributed by atoms with E-state index in [0.29, 0.717) is 30.9 Å². The molecule has 2 heterocycles. The molecule has 0 spiro atoms. The molecule has 5 rings (SSSR count). The molecule has 7 nitrogen and oxygen atoms in total. The van der Waals surface area contributed by atoms with Gasteiger partial charge in [-0.3, -0.25) is 4.79 Å². The Hall–Kier alpha value is -2.09. The molecule has 1 aromatic heterocycles. The number of nitrogens with one attached hydrogen (secondary N) is 1. The average Bonchev–Trinajstić information content (AvgIpc) is 3.72. The maximum absolute atomic E-state index is 13.1. The Morgan fingerprint density at radius 1 is 1.12 bits per heavy atom. The standard InChI is InChI=1S/C26H35ClN4O3/c1-33-24-13-14-34-17-18(24)15-28-23-16-29-31(26(32)25(23)27)22-11-9-21(10-12-22)30(20-7-8-20)19-5-3-2-4-6-19/h2-6,16,18,20-22,24,28H,7-15,17H2,1H3/t18-,21?,22?,24-/m0/s1. The normalized spacial score (nSPS) is 27.4. The number of para-hydroxylation sites is 1. The molecule has 184 valence electrons. The summed E-state index contributed by atoms with van der Waals surface area (Å²) in [6.07, 6.45) is 9.26. The van der Waals surface area contributed by atoms with Crippen molar-refractivity contribution in [1.29, 1.82) is 0 Å². The lowest BCUT2D eigenvalue weighted by Crippen LogP contribution is -2.41. The molecule has 0 radical (unpaired) electrons. The first-order valence-corrected chi connectivity index (χ1v) is 13.0. The summed E-state index contributed by atoms with van der Waals surface area (Å²) >= 11 is 6.51. The van der Waals surface area contributed by atoms with Crippen molar-refractivity contribution in [2.45, 2.75) is 69.2 Å². The lowest BCUT2D eigenvalue weighted by Gasteiger charge is -2.39. The molecule has 0 amide bonds. The summed E-state index contributed by atoms with van der Waals surface area (Å²) in [7, 11) is 1.73. The van der Waals surface area contributed by atoms with Crippen LogP contribution in [-0.4, -0.2) is 54.8 Å². The maximum atomic E-state index is 13.1. The minimum absolute atomic E-state index is 0.0942. The first-order valence-electron chi connectivity index (χ1n) is 12.6. The zero-order valence-corrected chi connectivity index (χ0v) is 20.6. The summed E-state index contributed by atoms with van der Waals surface area (Å²) in [5.41, 5.74) is 1.70. The number of ether oxygens (including phenoxy) is 2. The molecule has 1 aromatic carbocycles. The van der Waals surface area contributed by atoms with E-state index in [-0.39, 0.29) is 28.6 Å². The van der Waals surface area contributed by atoms with Crippen LogP contribution in [0.2, 0.25) is 5.02 Å². The molecule has 1 aliphatic heterocycles. The van der Waals surface area contributed by atoms with Gasteiger partial charge in [-0.25, -0.2) is 4.68 Å². The first kappa shape index (κ1) is 23.6. The summed E-state index contributed by atoms with van der Waals surface area (Å²) in [4.78, 5) is 15.7. The van der Waals surface area contributed by atoms with Crippen LogP contribution in [0.1, 0.15) is 51.0 Å². The van der Waals surface area contributed by atoms with E-state index in [1.165, 1.54) is 18.5 Å². The van der Waals surface area contributed by atoms with E-state index in [0.717, 1.165) is 38.7 Å². The molecule has 2 saturated carbocycles. The van der Waals surface area contributed by atoms with Crippen LogP contribution in [0.25, 0.3) is 0 Å². The molecule has 3 fully saturated rings. The van der Waals surface area contributed by atoms with Crippen molar-refractivity contribution in [1.82, 2.24) is 9.78 Å². The van der Waals surface area contributed by atoms with Gasteiger partial charge in [0.25, 0.3) is 5.56 Å². The number of aromatic nitrogens is 2. The van der Waals surface area contributed by atoms with E-state index < -0.39 is 0 Å². The number of anilines is 2. The van der Waals surface area contributed by atoms with Crippen LogP contribution in [0, 0.1) is 5.92 Å². The van der Waals surface area contributed by atoms with Crippen LogP contribution in [0.3, 0.4) is 0 Å². The van der Waals surface area contributed by atoms with Gasteiger partial charge in [-0.1, -0.05) is 29.8 Å². The number of methoxy groups -OCH3 is 1. The molecule has 2 atom stereocenters. The third kappa shape index (κ3) is 5.11. The highest BCUT2D eigenvalue weighted by molar-refractivity contribution is 6.32. The molecular weight excluding hydrogens is 452 g/mol. The molecule has 1 N–H and O–H groups in total. The highest BCUT2D eigenvalue weighted by Gasteiger charge is 2.36. The van der Waals surface area contributed by atoms with Crippen LogP contribution in [-0.2, 0) is 9.47 Å². The van der Waals surface area contributed by atoms with Gasteiger partial charge >= 0.3 is 0 Å². The van der Waals surface area contributed by atoms with Crippen LogP contribution in [0.15, 0.2) is 41.3 Å². The predicted molar refractivity (Wildman–Crippen MR) is 135 cm³/mol. The minimum Gasteiger partial charge on any atom is -0.382 e. The second-order valence-electron chi connectivity index (χ2n) is 9.84. The van der Waals surface area contributed by atoms with E-state index in [9.17, 15) is 4.79 Å². The van der Waals surface area contributed by atoms with Crippen LogP contribution >= 0.6 is 11.6 Å². The fourth-order valence-corrected chi connectivity index (χ4v) is 5.80. The number of rotatable bonds is 8. The molecule has 34 heavy (non-hydrogen) atoms. The zero-order valence-electron chi connectivity index (χ0n) is 19.9. The van der Waals surface area contributed by atoms with E-state index in [4.69, 9.17) is 21.1 Å². The van der Waals surface area contributed by atoms with Crippen molar-refractivity contribution in [3.05, 3.63) is 51.9 Å². The highest BCUT2D eigenvalue weighted by atomic mass is 35.5. The largest absolute Gasteiger partial charge is 0.382 e. The Morgan fingerprint density at radius 3 is 2.50 bits per heavy atom. The summed E-state index contributed by atoms with van der Waals surface area (Å²) in [5, 5.41) is 8.04. The molecule has 3 aliphatic rings. The van der Waals surface area contributed by atoms with E-state index in [1.807, 2.05) is 0 Å². The second-order valence-corrected chi connectivity index (χ2v) is 10.2. The number of hydrogen-bond donors (Lipinski definition) is 1. The van der Waals surface area contributed by atoms with Gasteiger partial charge in [-0.2, -0.15) is 5.10 Å².